The number of hydrogen-bond donors (Lipinski definition) is 1. The van der Waals surface area contributed by atoms with Gasteiger partial charge in [-0.3, -0.25) is 4.99 Å². The van der Waals surface area contributed by atoms with Crippen molar-refractivity contribution in [2.45, 2.75) is 6.42 Å². The van der Waals surface area contributed by atoms with Crippen LogP contribution in [-0.4, -0.2) is 53.6 Å². The molecule has 0 bridgehead atoms. The topological polar surface area (TPSA) is 70.6 Å². The maximum absolute atomic E-state index is 6.20. The zero-order valence-electron chi connectivity index (χ0n) is 15.4. The molecule has 6 nitrogen and oxygen atoms in total. The average Bonchev–Trinajstić information content (AvgIpc) is 3.41. The van der Waals surface area contributed by atoms with Crippen molar-refractivity contribution in [2.75, 3.05) is 37.6 Å². The molecule has 9 heteroatoms. The average molecular weight is 526 g/mol. The Bertz CT molecular complexity index is 873. The van der Waals surface area contributed by atoms with Gasteiger partial charge in [0.1, 0.15) is 5.01 Å². The van der Waals surface area contributed by atoms with Crippen molar-refractivity contribution < 1.29 is 0 Å². The Labute approximate surface area is 190 Å². The predicted octanol–water partition coefficient (Wildman–Crippen LogP) is 3.56. The third kappa shape index (κ3) is 5.21. The normalized spacial score (nSPS) is 14.8. The first-order chi connectivity index (χ1) is 13.3. The maximum atomic E-state index is 6.20. The van der Waals surface area contributed by atoms with Crippen LogP contribution in [-0.2, 0) is 6.42 Å². The van der Waals surface area contributed by atoms with Gasteiger partial charge in [0.2, 0.25) is 0 Å². The number of nitrogens with zero attached hydrogens (tertiary/aromatic N) is 5. The maximum Gasteiger partial charge on any atom is 0.191 e. The summed E-state index contributed by atoms with van der Waals surface area (Å²) in [5.41, 5.74) is 8.43. The minimum Gasteiger partial charge on any atom is -0.370 e. The van der Waals surface area contributed by atoms with E-state index in [1.54, 1.807) is 22.7 Å². The minimum atomic E-state index is 0. The summed E-state index contributed by atoms with van der Waals surface area (Å²) in [6.45, 7) is 4.27. The summed E-state index contributed by atoms with van der Waals surface area (Å²) in [4.78, 5) is 18.1. The van der Waals surface area contributed by atoms with Crippen molar-refractivity contribution in [1.82, 2.24) is 14.9 Å². The van der Waals surface area contributed by atoms with Gasteiger partial charge in [-0.25, -0.2) is 9.97 Å². The molecule has 1 aliphatic rings. The fourth-order valence-electron chi connectivity index (χ4n) is 3.02. The lowest BCUT2D eigenvalue weighted by molar-refractivity contribution is 0.380. The number of anilines is 1. The van der Waals surface area contributed by atoms with Crippen LogP contribution in [0.4, 0.5) is 5.13 Å². The van der Waals surface area contributed by atoms with Crippen molar-refractivity contribution in [3.8, 4) is 10.6 Å². The molecular formula is C19H23IN6S2. The van der Waals surface area contributed by atoms with Crippen LogP contribution in [0.5, 0.6) is 0 Å². The molecule has 148 valence electrons. The third-order valence-electron chi connectivity index (χ3n) is 4.51. The largest absolute Gasteiger partial charge is 0.370 e. The number of aliphatic imine (C=N–C) groups is 1. The van der Waals surface area contributed by atoms with Crippen LogP contribution in [0.15, 0.2) is 52.3 Å². The summed E-state index contributed by atoms with van der Waals surface area (Å²) >= 11 is 3.36. The number of halogens is 1. The zero-order valence-corrected chi connectivity index (χ0v) is 19.4. The summed E-state index contributed by atoms with van der Waals surface area (Å²) in [6, 6.07) is 10.3. The van der Waals surface area contributed by atoms with Gasteiger partial charge in [-0.15, -0.1) is 46.7 Å². The van der Waals surface area contributed by atoms with Gasteiger partial charge in [0, 0.05) is 61.7 Å². The number of nitrogens with two attached hydrogens (primary N) is 1. The Kier molecular flexibility index (Phi) is 7.63. The van der Waals surface area contributed by atoms with Gasteiger partial charge in [-0.2, -0.15) is 0 Å². The number of rotatable bonds is 5. The quantitative estimate of drug-likeness (QED) is 0.313. The lowest BCUT2D eigenvalue weighted by atomic mass is 10.2. The van der Waals surface area contributed by atoms with E-state index >= 15 is 0 Å². The number of thiazole rings is 2. The zero-order chi connectivity index (χ0) is 18.5. The molecule has 2 aromatic heterocycles. The van der Waals surface area contributed by atoms with Crippen molar-refractivity contribution >= 4 is 57.7 Å². The van der Waals surface area contributed by atoms with Crippen LogP contribution < -0.4 is 10.6 Å². The van der Waals surface area contributed by atoms with E-state index in [9.17, 15) is 0 Å². The molecule has 0 aliphatic carbocycles. The van der Waals surface area contributed by atoms with Crippen LogP contribution in [0.3, 0.4) is 0 Å². The predicted molar refractivity (Wildman–Crippen MR) is 129 cm³/mol. The first-order valence-electron chi connectivity index (χ1n) is 8.99. The summed E-state index contributed by atoms with van der Waals surface area (Å²) in [6.07, 6.45) is 2.66. The molecule has 0 spiro atoms. The second-order valence-electron chi connectivity index (χ2n) is 6.29. The van der Waals surface area contributed by atoms with Crippen molar-refractivity contribution in [3.05, 3.63) is 53.0 Å². The van der Waals surface area contributed by atoms with E-state index in [-0.39, 0.29) is 24.0 Å². The smallest absolute Gasteiger partial charge is 0.191 e. The van der Waals surface area contributed by atoms with E-state index in [1.165, 1.54) is 0 Å². The Morgan fingerprint density at radius 2 is 1.89 bits per heavy atom. The monoisotopic (exact) mass is 526 g/mol. The van der Waals surface area contributed by atoms with E-state index in [2.05, 4.69) is 37.3 Å². The Morgan fingerprint density at radius 1 is 1.11 bits per heavy atom. The summed E-state index contributed by atoms with van der Waals surface area (Å²) in [7, 11) is 0. The second-order valence-corrected chi connectivity index (χ2v) is 8.02. The van der Waals surface area contributed by atoms with Crippen LogP contribution in [0, 0.1) is 0 Å². The van der Waals surface area contributed by atoms with E-state index in [0.717, 1.165) is 54.0 Å². The number of aromatic nitrogens is 2. The van der Waals surface area contributed by atoms with Crippen LogP contribution in [0.2, 0.25) is 0 Å². The number of hydrogen-bond acceptors (Lipinski definition) is 6. The fourth-order valence-corrected chi connectivity index (χ4v) is 4.58. The van der Waals surface area contributed by atoms with E-state index in [4.69, 9.17) is 10.7 Å². The third-order valence-corrected chi connectivity index (χ3v) is 6.28. The van der Waals surface area contributed by atoms with Gasteiger partial charge >= 0.3 is 0 Å². The summed E-state index contributed by atoms with van der Waals surface area (Å²) < 4.78 is 0. The van der Waals surface area contributed by atoms with E-state index in [0.29, 0.717) is 12.5 Å². The fraction of sp³-hybridized carbons (Fsp3) is 0.316. The molecule has 1 fully saturated rings. The molecule has 3 heterocycles. The highest BCUT2D eigenvalue weighted by Gasteiger charge is 2.19. The molecule has 0 amide bonds. The molecule has 2 N–H and O–H groups in total. The SMILES string of the molecule is I.NC(=NCCc1csc(-c2ccccc2)n1)N1CCN(c2nccs2)CC1. The van der Waals surface area contributed by atoms with E-state index < -0.39 is 0 Å². The molecule has 1 aliphatic heterocycles. The van der Waals surface area contributed by atoms with Gasteiger partial charge in [-0.05, 0) is 0 Å². The lowest BCUT2D eigenvalue weighted by Gasteiger charge is -2.35. The van der Waals surface area contributed by atoms with E-state index in [1.807, 2.05) is 29.8 Å². The number of piperazine rings is 1. The van der Waals surface area contributed by atoms with Crippen LogP contribution in [0.25, 0.3) is 10.6 Å². The van der Waals surface area contributed by atoms with Gasteiger partial charge in [0.05, 0.1) is 5.69 Å². The molecule has 0 radical (unpaired) electrons. The highest BCUT2D eigenvalue weighted by Crippen LogP contribution is 2.23. The molecule has 1 saturated heterocycles. The Morgan fingerprint density at radius 3 is 2.61 bits per heavy atom. The second kappa shape index (κ2) is 10.2. The lowest BCUT2D eigenvalue weighted by Crippen LogP contribution is -2.51. The van der Waals surface area contributed by atoms with Gasteiger partial charge in [-0.1, -0.05) is 30.3 Å². The molecule has 0 unspecified atom stereocenters. The number of benzene rings is 1. The summed E-state index contributed by atoms with van der Waals surface area (Å²) in [5.74, 6) is 0.632. The first-order valence-corrected chi connectivity index (χ1v) is 10.7. The van der Waals surface area contributed by atoms with Gasteiger partial charge in [0.25, 0.3) is 0 Å². The summed E-state index contributed by atoms with van der Waals surface area (Å²) in [5, 5.41) is 6.27. The van der Waals surface area contributed by atoms with Gasteiger partial charge < -0.3 is 15.5 Å². The van der Waals surface area contributed by atoms with Crippen LogP contribution in [0.1, 0.15) is 5.69 Å². The molecule has 4 rings (SSSR count). The van der Waals surface area contributed by atoms with Crippen molar-refractivity contribution in [3.63, 3.8) is 0 Å². The molecule has 3 aromatic rings. The van der Waals surface area contributed by atoms with Crippen molar-refractivity contribution in [2.24, 2.45) is 10.7 Å². The molecular weight excluding hydrogens is 503 g/mol. The van der Waals surface area contributed by atoms with Crippen LogP contribution >= 0.6 is 46.7 Å². The molecule has 0 atom stereocenters. The minimum absolute atomic E-state index is 0. The van der Waals surface area contributed by atoms with Gasteiger partial charge in [0.15, 0.2) is 11.1 Å². The molecule has 28 heavy (non-hydrogen) atoms. The Hall–Kier alpha value is -1.72. The molecule has 0 saturated carbocycles. The highest BCUT2D eigenvalue weighted by atomic mass is 127. The first kappa shape index (κ1) is 21.0. The molecule has 1 aromatic carbocycles. The standard InChI is InChI=1S/C19H22N6S2.HI/c20-18(24-9-11-25(12-10-24)19-22-8-13-26-19)21-7-6-16-14-27-17(23-16)15-4-2-1-3-5-15;/h1-5,8,13-14H,6-7,9-12H2,(H2,20,21);1H. The number of guanidine groups is 1. The van der Waals surface area contributed by atoms with Crippen molar-refractivity contribution in [1.29, 1.82) is 0 Å². The Balaban J connectivity index is 0.00000225. The highest BCUT2D eigenvalue weighted by molar-refractivity contribution is 14.0.